The summed E-state index contributed by atoms with van der Waals surface area (Å²) in [6.07, 6.45) is 3.53. The van der Waals surface area contributed by atoms with Crippen molar-refractivity contribution in [2.75, 3.05) is 4.90 Å². The zero-order valence-electron chi connectivity index (χ0n) is 20.9. The van der Waals surface area contributed by atoms with Crippen LogP contribution in [0.2, 0.25) is 5.02 Å². The molecule has 0 aromatic heterocycles. The van der Waals surface area contributed by atoms with Gasteiger partial charge in [-0.2, -0.15) is 0 Å². The quantitative estimate of drug-likeness (QED) is 0.204. The van der Waals surface area contributed by atoms with Gasteiger partial charge in [-0.25, -0.2) is 8.78 Å². The molecular formula is C33H20ClF2NO3. The van der Waals surface area contributed by atoms with Crippen molar-refractivity contribution in [3.8, 4) is 0 Å². The van der Waals surface area contributed by atoms with Crippen LogP contribution in [0.1, 0.15) is 48.1 Å². The first-order valence-corrected chi connectivity index (χ1v) is 13.2. The number of carbonyl (C=O) groups is 3. The van der Waals surface area contributed by atoms with Gasteiger partial charge in [0, 0.05) is 33.3 Å². The van der Waals surface area contributed by atoms with Crippen molar-refractivity contribution in [3.63, 3.8) is 0 Å². The Hall–Kier alpha value is -4.42. The number of ketones is 3. The molecule has 0 unspecified atom stereocenters. The maximum Gasteiger partial charge on any atom is 0.185 e. The summed E-state index contributed by atoms with van der Waals surface area (Å²) in [6, 6.07) is 20.7. The molecule has 4 aromatic carbocycles. The first-order chi connectivity index (χ1) is 19.3. The normalized spacial score (nSPS) is 21.9. The van der Waals surface area contributed by atoms with E-state index in [0.29, 0.717) is 16.3 Å². The maximum atomic E-state index is 15.7. The smallest absolute Gasteiger partial charge is 0.185 e. The van der Waals surface area contributed by atoms with Crippen LogP contribution < -0.4 is 4.90 Å². The number of Topliss-reactive ketones (excluding diaryl/α,β-unsaturated/α-hetero) is 3. The molecule has 1 aliphatic carbocycles. The number of hydrogen-bond acceptors (Lipinski definition) is 4. The van der Waals surface area contributed by atoms with Gasteiger partial charge in [0.05, 0.1) is 6.04 Å². The molecule has 1 spiro atoms. The molecule has 40 heavy (non-hydrogen) atoms. The number of anilines is 1. The summed E-state index contributed by atoms with van der Waals surface area (Å²) in [7, 11) is 0. The molecule has 1 saturated heterocycles. The van der Waals surface area contributed by atoms with Crippen LogP contribution in [0.15, 0.2) is 97.1 Å². The van der Waals surface area contributed by atoms with Gasteiger partial charge in [-0.05, 0) is 59.7 Å². The van der Waals surface area contributed by atoms with Crippen molar-refractivity contribution in [2.24, 2.45) is 5.41 Å². The average molecular weight is 552 g/mol. The Labute approximate surface area is 233 Å². The molecule has 196 valence electrons. The number of carbonyl (C=O) groups excluding carboxylic acids is 3. The molecule has 4 aromatic rings. The van der Waals surface area contributed by atoms with Gasteiger partial charge in [-0.3, -0.25) is 14.4 Å². The standard InChI is InChI=1S/C33H20ClF2NO3/c34-20-12-15-26-19(17-20)11-16-27-33(31(39)22-5-1-2-6-23(22)32(33)40)28(24-7-3-4-8-25(24)36)29(37(26)27)30(38)18-9-13-21(35)14-10-18/h1-17,27-29H/t27-,28-,29-/m0/s1. The Balaban J connectivity index is 1.56. The highest BCUT2D eigenvalue weighted by Crippen LogP contribution is 2.61. The van der Waals surface area contributed by atoms with Crippen molar-refractivity contribution in [1.82, 2.24) is 0 Å². The first kappa shape index (κ1) is 24.6. The second-order valence-corrected chi connectivity index (χ2v) is 10.7. The summed E-state index contributed by atoms with van der Waals surface area (Å²) in [6.45, 7) is 0. The molecular weight excluding hydrogens is 532 g/mol. The summed E-state index contributed by atoms with van der Waals surface area (Å²) >= 11 is 6.29. The molecule has 3 atom stereocenters. The highest BCUT2D eigenvalue weighted by Gasteiger charge is 2.71. The molecule has 0 amide bonds. The zero-order valence-corrected chi connectivity index (χ0v) is 21.6. The van der Waals surface area contributed by atoms with E-state index < -0.39 is 52.4 Å². The number of fused-ring (bicyclic) bond motifs is 5. The molecule has 0 bridgehead atoms. The second-order valence-electron chi connectivity index (χ2n) is 10.3. The van der Waals surface area contributed by atoms with Crippen LogP contribution in [-0.2, 0) is 0 Å². The highest BCUT2D eigenvalue weighted by molar-refractivity contribution is 6.32. The van der Waals surface area contributed by atoms with E-state index in [1.165, 1.54) is 42.5 Å². The fourth-order valence-corrected chi connectivity index (χ4v) is 6.98. The topological polar surface area (TPSA) is 54.5 Å². The van der Waals surface area contributed by atoms with E-state index in [-0.39, 0.29) is 22.3 Å². The van der Waals surface area contributed by atoms with Gasteiger partial charge in [-0.15, -0.1) is 0 Å². The third-order valence-corrected chi connectivity index (χ3v) is 8.64. The Bertz CT molecular complexity index is 1750. The Kier molecular flexibility index (Phi) is 5.41. The third kappa shape index (κ3) is 3.20. The van der Waals surface area contributed by atoms with Crippen molar-refractivity contribution >= 4 is 40.7 Å². The molecule has 0 radical (unpaired) electrons. The van der Waals surface area contributed by atoms with E-state index in [2.05, 4.69) is 0 Å². The minimum absolute atomic E-state index is 0.0933. The lowest BCUT2D eigenvalue weighted by Crippen LogP contribution is -2.48. The molecule has 4 nitrogen and oxygen atoms in total. The molecule has 0 N–H and O–H groups in total. The minimum atomic E-state index is -1.82. The van der Waals surface area contributed by atoms with E-state index in [4.69, 9.17) is 11.6 Å². The summed E-state index contributed by atoms with van der Waals surface area (Å²) < 4.78 is 29.6. The minimum Gasteiger partial charge on any atom is -0.352 e. The van der Waals surface area contributed by atoms with Gasteiger partial charge < -0.3 is 4.90 Å². The molecule has 2 aliphatic heterocycles. The van der Waals surface area contributed by atoms with Gasteiger partial charge in [-0.1, -0.05) is 66.2 Å². The summed E-state index contributed by atoms with van der Waals surface area (Å²) in [4.78, 5) is 45.2. The fraction of sp³-hybridized carbons (Fsp3) is 0.121. The van der Waals surface area contributed by atoms with Crippen LogP contribution in [0.5, 0.6) is 0 Å². The predicted octanol–water partition coefficient (Wildman–Crippen LogP) is 6.93. The van der Waals surface area contributed by atoms with E-state index in [9.17, 15) is 18.8 Å². The number of rotatable bonds is 3. The monoisotopic (exact) mass is 551 g/mol. The van der Waals surface area contributed by atoms with Crippen LogP contribution in [0.4, 0.5) is 14.5 Å². The summed E-state index contributed by atoms with van der Waals surface area (Å²) in [5, 5.41) is 0.475. The molecule has 2 heterocycles. The molecule has 3 aliphatic rings. The van der Waals surface area contributed by atoms with Crippen LogP contribution in [0.25, 0.3) is 6.08 Å². The van der Waals surface area contributed by atoms with Crippen LogP contribution in [0.3, 0.4) is 0 Å². The van der Waals surface area contributed by atoms with E-state index >= 15 is 4.39 Å². The van der Waals surface area contributed by atoms with Gasteiger partial charge in [0.1, 0.15) is 23.1 Å². The van der Waals surface area contributed by atoms with Crippen molar-refractivity contribution in [3.05, 3.63) is 142 Å². The van der Waals surface area contributed by atoms with Crippen molar-refractivity contribution in [2.45, 2.75) is 18.0 Å². The van der Waals surface area contributed by atoms with E-state index in [1.807, 2.05) is 0 Å². The van der Waals surface area contributed by atoms with Gasteiger partial charge in [0.25, 0.3) is 0 Å². The zero-order chi connectivity index (χ0) is 27.8. The lowest BCUT2D eigenvalue weighted by Gasteiger charge is -2.37. The molecule has 1 fully saturated rings. The number of nitrogens with zero attached hydrogens (tertiary/aromatic N) is 1. The Morgan fingerprint density at radius 2 is 1.48 bits per heavy atom. The van der Waals surface area contributed by atoms with Gasteiger partial charge in [0.2, 0.25) is 0 Å². The van der Waals surface area contributed by atoms with Crippen LogP contribution in [0, 0.1) is 17.0 Å². The number of benzene rings is 4. The largest absolute Gasteiger partial charge is 0.352 e. The van der Waals surface area contributed by atoms with Gasteiger partial charge in [0.15, 0.2) is 17.3 Å². The summed E-state index contributed by atoms with van der Waals surface area (Å²) in [5.41, 5.74) is 0.241. The number of halogens is 3. The Morgan fingerprint density at radius 3 is 2.15 bits per heavy atom. The first-order valence-electron chi connectivity index (χ1n) is 12.8. The molecule has 7 rings (SSSR count). The van der Waals surface area contributed by atoms with Crippen LogP contribution in [-0.4, -0.2) is 29.4 Å². The van der Waals surface area contributed by atoms with Crippen LogP contribution >= 0.6 is 11.6 Å². The predicted molar refractivity (Wildman–Crippen MR) is 148 cm³/mol. The van der Waals surface area contributed by atoms with Gasteiger partial charge >= 0.3 is 0 Å². The van der Waals surface area contributed by atoms with Crippen molar-refractivity contribution in [1.29, 1.82) is 0 Å². The second kappa shape index (κ2) is 8.80. The maximum absolute atomic E-state index is 15.7. The fourth-order valence-electron chi connectivity index (χ4n) is 6.80. The SMILES string of the molecule is O=C(c1ccc(F)cc1)[C@@H]1[C@H](c2ccccc2F)C2(C(=O)c3ccccc3C2=O)[C@@H]2C=Cc3cc(Cl)ccc3N12. The third-order valence-electron chi connectivity index (χ3n) is 8.40. The number of hydrogen-bond donors (Lipinski definition) is 0. The van der Waals surface area contributed by atoms with Crippen molar-refractivity contribution < 1.29 is 23.2 Å². The molecule has 7 heteroatoms. The van der Waals surface area contributed by atoms with E-state index in [1.54, 1.807) is 65.6 Å². The lowest BCUT2D eigenvalue weighted by molar-refractivity contribution is 0.0664. The lowest BCUT2D eigenvalue weighted by atomic mass is 9.64. The summed E-state index contributed by atoms with van der Waals surface area (Å²) in [5.74, 6) is -3.68. The average Bonchev–Trinajstić information content (AvgIpc) is 3.39. The van der Waals surface area contributed by atoms with E-state index in [0.717, 1.165) is 0 Å². The highest BCUT2D eigenvalue weighted by atomic mass is 35.5. The molecule has 0 saturated carbocycles. The Morgan fingerprint density at radius 1 is 0.825 bits per heavy atom.